The van der Waals surface area contributed by atoms with Crippen molar-refractivity contribution in [1.29, 1.82) is 0 Å². The van der Waals surface area contributed by atoms with Crippen molar-refractivity contribution in [3.63, 3.8) is 0 Å². The highest BCUT2D eigenvalue weighted by Crippen LogP contribution is 2.53. The number of hydrogen-bond acceptors (Lipinski definition) is 5. The monoisotopic (exact) mass is 796 g/mol. The molecule has 0 saturated carbocycles. The van der Waals surface area contributed by atoms with Crippen LogP contribution in [0, 0.1) is 22.9 Å². The lowest BCUT2D eigenvalue weighted by molar-refractivity contribution is 0.838. The molecule has 0 radical (unpaired) electrons. The summed E-state index contributed by atoms with van der Waals surface area (Å²) >= 11 is 1.26. The fourth-order valence-corrected chi connectivity index (χ4v) is 23.4. The molecule has 2 aliphatic rings. The standard InChI is InChI=1S/C50H52N4SSi2/c1-25(2)56(26(3)4,27(5)6)21-19-37-47-48(38(50-49(37)53-55-54-50)20-22-57(28(7)8,29(9)10)30(11)12)52-46-36-18-16-34-24-32-14-13-31-23-33-15-17-35(45(46)51-47)43-41(33)39(31)40(32)42(34)44(36)43/h13-18,25-30H,23-24H2,1-12H3. The van der Waals surface area contributed by atoms with Crippen molar-refractivity contribution in [2.45, 2.75) is 129 Å². The van der Waals surface area contributed by atoms with Gasteiger partial charge in [0, 0.05) is 21.5 Å². The highest BCUT2D eigenvalue weighted by molar-refractivity contribution is 7.00. The van der Waals surface area contributed by atoms with Crippen molar-refractivity contribution >= 4 is 104 Å². The second-order valence-corrected chi connectivity index (χ2v) is 30.8. The van der Waals surface area contributed by atoms with Gasteiger partial charge in [-0.2, -0.15) is 8.75 Å². The molecule has 0 N–H and O–H groups in total. The van der Waals surface area contributed by atoms with Crippen LogP contribution in [0.5, 0.6) is 0 Å². The zero-order valence-corrected chi connectivity index (χ0v) is 38.4. The lowest BCUT2D eigenvalue weighted by atomic mass is 9.88. The van der Waals surface area contributed by atoms with E-state index < -0.39 is 16.1 Å². The van der Waals surface area contributed by atoms with Crippen molar-refractivity contribution in [2.75, 3.05) is 0 Å². The molecule has 0 spiro atoms. The number of nitrogens with zero attached hydrogens (tertiary/aromatic N) is 4. The third kappa shape index (κ3) is 4.68. The molecule has 4 nitrogen and oxygen atoms in total. The first-order valence-electron chi connectivity index (χ1n) is 21.3. The lowest BCUT2D eigenvalue weighted by Crippen LogP contribution is -2.43. The quantitative estimate of drug-likeness (QED) is 0.0728. The average Bonchev–Trinajstić information content (AvgIpc) is 3.89. The zero-order chi connectivity index (χ0) is 40.0. The molecule has 7 heteroatoms. The number of hydrogen-bond donors (Lipinski definition) is 0. The molecule has 0 atom stereocenters. The summed E-state index contributed by atoms with van der Waals surface area (Å²) in [6.07, 6.45) is 1.97. The van der Waals surface area contributed by atoms with E-state index in [-0.39, 0.29) is 0 Å². The normalized spacial score (nSPS) is 14.1. The van der Waals surface area contributed by atoms with Crippen molar-refractivity contribution in [2.24, 2.45) is 0 Å². The van der Waals surface area contributed by atoms with E-state index >= 15 is 0 Å². The number of fused-ring (bicyclic) bond motifs is 5. The predicted octanol–water partition coefficient (Wildman–Crippen LogP) is 13.8. The van der Waals surface area contributed by atoms with Gasteiger partial charge in [0.25, 0.3) is 0 Å². The van der Waals surface area contributed by atoms with Crippen molar-refractivity contribution in [3.8, 4) is 22.9 Å². The molecule has 0 unspecified atom stereocenters. The molecular formula is C50H52N4SSi2. The predicted molar refractivity (Wildman–Crippen MR) is 251 cm³/mol. The Kier molecular flexibility index (Phi) is 8.12. The topological polar surface area (TPSA) is 51.6 Å². The molecule has 0 amide bonds. The number of benzene rings is 6. The molecule has 57 heavy (non-hydrogen) atoms. The minimum absolute atomic E-state index is 0.497. The van der Waals surface area contributed by atoms with Crippen LogP contribution >= 0.6 is 11.7 Å². The second kappa shape index (κ2) is 12.5. The largest absolute Gasteiger partial charge is 0.242 e. The SMILES string of the molecule is CC(C)[Si](C#Cc1c2nsnc2c(C#C[Si](C(C)C)(C(C)C)C(C)C)c2nc3c4ccc5c6c7c(ccc8c7c7c(ccc(c3nc12)c7c46)C8)C5)(C(C)C)C(C)C. The van der Waals surface area contributed by atoms with Crippen LogP contribution < -0.4 is 0 Å². The Hall–Kier alpha value is -4.41. The first-order chi connectivity index (χ1) is 27.2. The molecule has 6 aromatic carbocycles. The Bertz CT molecular complexity index is 2930. The van der Waals surface area contributed by atoms with E-state index in [4.69, 9.17) is 18.7 Å². The Labute approximate surface area is 342 Å². The molecule has 286 valence electrons. The third-order valence-electron chi connectivity index (χ3n) is 14.9. The highest BCUT2D eigenvalue weighted by Gasteiger charge is 2.43. The van der Waals surface area contributed by atoms with E-state index in [1.165, 1.54) is 77.1 Å². The maximum Gasteiger partial charge on any atom is 0.146 e. The van der Waals surface area contributed by atoms with Crippen LogP contribution in [0.1, 0.15) is 116 Å². The van der Waals surface area contributed by atoms with Gasteiger partial charge in [0.1, 0.15) is 38.2 Å². The highest BCUT2D eigenvalue weighted by atomic mass is 32.1. The van der Waals surface area contributed by atoms with Crippen LogP contribution in [0.4, 0.5) is 0 Å². The average molecular weight is 797 g/mol. The first-order valence-corrected chi connectivity index (χ1v) is 26.5. The fourth-order valence-electron chi connectivity index (χ4n) is 12.4. The van der Waals surface area contributed by atoms with Crippen LogP contribution in [0.2, 0.25) is 33.2 Å². The number of rotatable bonds is 6. The lowest BCUT2D eigenvalue weighted by Gasteiger charge is -2.38. The minimum Gasteiger partial charge on any atom is -0.242 e. The van der Waals surface area contributed by atoms with E-state index in [9.17, 15) is 0 Å². The summed E-state index contributed by atoms with van der Waals surface area (Å²) in [4.78, 5) is 11.6. The van der Waals surface area contributed by atoms with Crippen LogP contribution in [-0.2, 0) is 12.8 Å². The fraction of sp³-hybridized carbons (Fsp3) is 0.400. The molecule has 0 fully saturated rings. The van der Waals surface area contributed by atoms with Crippen LogP contribution in [0.25, 0.3) is 76.2 Å². The summed E-state index contributed by atoms with van der Waals surface area (Å²) < 4.78 is 10.0. The summed E-state index contributed by atoms with van der Waals surface area (Å²) in [6, 6.07) is 14.1. The first kappa shape index (κ1) is 36.9. The van der Waals surface area contributed by atoms with Crippen LogP contribution in [-0.4, -0.2) is 34.9 Å². The Morgan fingerprint density at radius 3 is 1.07 bits per heavy atom. The van der Waals surface area contributed by atoms with Gasteiger partial charge in [0.2, 0.25) is 0 Å². The van der Waals surface area contributed by atoms with Crippen molar-refractivity contribution < 1.29 is 0 Å². The van der Waals surface area contributed by atoms with Crippen molar-refractivity contribution in [1.82, 2.24) is 18.7 Å². The summed E-state index contributed by atoms with van der Waals surface area (Å²) in [5.41, 5.74) is 23.7. The molecular weight excluding hydrogens is 745 g/mol. The minimum atomic E-state index is -2.11. The Morgan fingerprint density at radius 1 is 0.421 bits per heavy atom. The molecule has 10 rings (SSSR count). The molecule has 0 aliphatic heterocycles. The molecule has 2 heterocycles. The number of aromatic nitrogens is 4. The summed E-state index contributed by atoms with van der Waals surface area (Å²) in [7, 11) is -4.21. The van der Waals surface area contributed by atoms with E-state index in [1.807, 2.05) is 0 Å². The maximum atomic E-state index is 5.80. The molecule has 0 saturated heterocycles. The zero-order valence-electron chi connectivity index (χ0n) is 35.5. The van der Waals surface area contributed by atoms with Gasteiger partial charge >= 0.3 is 0 Å². The van der Waals surface area contributed by atoms with Gasteiger partial charge in [-0.3, -0.25) is 0 Å². The molecule has 2 aliphatic carbocycles. The van der Waals surface area contributed by atoms with Gasteiger partial charge in [-0.25, -0.2) is 9.97 Å². The van der Waals surface area contributed by atoms with E-state index in [0.29, 0.717) is 33.2 Å². The van der Waals surface area contributed by atoms with Crippen LogP contribution in [0.15, 0.2) is 36.4 Å². The van der Waals surface area contributed by atoms with Gasteiger partial charge in [0.15, 0.2) is 0 Å². The van der Waals surface area contributed by atoms with E-state index in [1.54, 1.807) is 0 Å². The Morgan fingerprint density at radius 2 is 0.737 bits per heavy atom. The summed E-state index contributed by atoms with van der Waals surface area (Å²) in [5, 5.41) is 10.8. The van der Waals surface area contributed by atoms with Crippen LogP contribution in [0.3, 0.4) is 0 Å². The summed E-state index contributed by atoms with van der Waals surface area (Å²) in [6.45, 7) is 28.5. The molecule has 8 aromatic rings. The Balaban J connectivity index is 1.41. The van der Waals surface area contributed by atoms with E-state index in [2.05, 4.69) is 142 Å². The smallest absolute Gasteiger partial charge is 0.146 e. The summed E-state index contributed by atoms with van der Waals surface area (Å²) in [5.74, 6) is 7.71. The van der Waals surface area contributed by atoms with Gasteiger partial charge < -0.3 is 0 Å². The van der Waals surface area contributed by atoms with Gasteiger partial charge in [0.05, 0.1) is 33.9 Å². The van der Waals surface area contributed by atoms with Gasteiger partial charge in [-0.05, 0) is 89.9 Å². The maximum absolute atomic E-state index is 5.80. The molecule has 0 bridgehead atoms. The van der Waals surface area contributed by atoms with E-state index in [0.717, 1.165) is 57.1 Å². The second-order valence-electron chi connectivity index (χ2n) is 19.2. The van der Waals surface area contributed by atoms with Gasteiger partial charge in [-0.15, -0.1) is 11.1 Å². The van der Waals surface area contributed by atoms with Gasteiger partial charge in [-0.1, -0.05) is 131 Å². The van der Waals surface area contributed by atoms with Crippen molar-refractivity contribution in [3.05, 3.63) is 69.8 Å². The third-order valence-corrected chi connectivity index (χ3v) is 28.0. The molecule has 2 aromatic heterocycles.